The van der Waals surface area contributed by atoms with E-state index in [1.54, 1.807) is 0 Å². The van der Waals surface area contributed by atoms with E-state index in [9.17, 15) is 0 Å². The van der Waals surface area contributed by atoms with E-state index >= 15 is 0 Å². The topological polar surface area (TPSA) is 9.23 Å². The Morgan fingerprint density at radius 2 is 1.75 bits per heavy atom. The molecule has 0 unspecified atom stereocenters. The van der Waals surface area contributed by atoms with Gasteiger partial charge in [0.15, 0.2) is 0 Å². The standard InChI is InChI=1S/C18H26OSi/c1-17(2)13-18(3,4)19-16-9-8-14(12-15(16)17)10-11-20(5,6)7/h8-9,12H,13H2,1-7H3. The SMILES string of the molecule is CC1(C)CC(C)(C)c2cc(C#C[Si](C)(C)C)ccc2O1. The van der Waals surface area contributed by atoms with Crippen LogP contribution >= 0.6 is 0 Å². The van der Waals surface area contributed by atoms with E-state index in [-0.39, 0.29) is 11.0 Å². The lowest BCUT2D eigenvalue weighted by atomic mass is 9.73. The molecule has 20 heavy (non-hydrogen) atoms. The fourth-order valence-electron chi connectivity index (χ4n) is 2.98. The molecule has 1 aliphatic heterocycles. The first-order valence-corrected chi connectivity index (χ1v) is 10.9. The number of hydrogen-bond donors (Lipinski definition) is 0. The number of ether oxygens (including phenoxy) is 1. The van der Waals surface area contributed by atoms with Gasteiger partial charge in [-0.1, -0.05) is 39.4 Å². The monoisotopic (exact) mass is 286 g/mol. The van der Waals surface area contributed by atoms with Crippen LogP contribution in [0.3, 0.4) is 0 Å². The first-order chi connectivity index (χ1) is 8.99. The summed E-state index contributed by atoms with van der Waals surface area (Å²) in [5.41, 5.74) is 5.88. The predicted octanol–water partition coefficient (Wildman–Crippen LogP) is 4.75. The number of benzene rings is 1. The van der Waals surface area contributed by atoms with Crippen LogP contribution in [0.15, 0.2) is 18.2 Å². The summed E-state index contributed by atoms with van der Waals surface area (Å²) < 4.78 is 6.12. The molecule has 0 spiro atoms. The average molecular weight is 286 g/mol. The summed E-state index contributed by atoms with van der Waals surface area (Å²) in [6.45, 7) is 15.7. The second-order valence-corrected chi connectivity index (χ2v) is 12.9. The van der Waals surface area contributed by atoms with Gasteiger partial charge in [0.25, 0.3) is 0 Å². The zero-order valence-corrected chi connectivity index (χ0v) is 14.8. The van der Waals surface area contributed by atoms with Crippen molar-refractivity contribution in [2.45, 2.75) is 64.8 Å². The quantitative estimate of drug-likeness (QED) is 0.494. The zero-order chi connectivity index (χ0) is 15.2. The highest BCUT2D eigenvalue weighted by atomic mass is 28.3. The van der Waals surface area contributed by atoms with Crippen molar-refractivity contribution in [2.75, 3.05) is 0 Å². The summed E-state index contributed by atoms with van der Waals surface area (Å²) in [5.74, 6) is 4.37. The van der Waals surface area contributed by atoms with Gasteiger partial charge in [0.05, 0.1) is 0 Å². The smallest absolute Gasteiger partial charge is 0.129 e. The molecule has 0 aliphatic carbocycles. The van der Waals surface area contributed by atoms with Crippen LogP contribution in [-0.2, 0) is 5.41 Å². The average Bonchev–Trinajstić information content (AvgIpc) is 2.23. The first kappa shape index (κ1) is 15.2. The van der Waals surface area contributed by atoms with Crippen LogP contribution in [0.25, 0.3) is 0 Å². The highest BCUT2D eigenvalue weighted by molar-refractivity contribution is 6.83. The van der Waals surface area contributed by atoms with E-state index < -0.39 is 8.07 Å². The number of fused-ring (bicyclic) bond motifs is 1. The van der Waals surface area contributed by atoms with Crippen molar-refractivity contribution >= 4 is 8.07 Å². The van der Waals surface area contributed by atoms with Gasteiger partial charge in [-0.25, -0.2) is 0 Å². The molecule has 1 aromatic carbocycles. The molecule has 108 valence electrons. The summed E-state index contributed by atoms with van der Waals surface area (Å²) in [6.07, 6.45) is 1.03. The molecule has 1 aliphatic rings. The van der Waals surface area contributed by atoms with Crippen molar-refractivity contribution in [3.63, 3.8) is 0 Å². The van der Waals surface area contributed by atoms with Gasteiger partial charge in [0.1, 0.15) is 19.4 Å². The zero-order valence-electron chi connectivity index (χ0n) is 13.8. The third-order valence-electron chi connectivity index (χ3n) is 3.54. The Kier molecular flexibility index (Phi) is 3.55. The van der Waals surface area contributed by atoms with Gasteiger partial charge in [-0.05, 0) is 43.9 Å². The van der Waals surface area contributed by atoms with Crippen LogP contribution in [0.5, 0.6) is 5.75 Å². The van der Waals surface area contributed by atoms with Gasteiger partial charge in [0.2, 0.25) is 0 Å². The maximum Gasteiger partial charge on any atom is 0.129 e. The Hall–Kier alpha value is -1.20. The molecular formula is C18H26OSi. The predicted molar refractivity (Wildman–Crippen MR) is 89.0 cm³/mol. The van der Waals surface area contributed by atoms with E-state index in [4.69, 9.17) is 4.74 Å². The number of rotatable bonds is 0. The Labute approximate surface area is 124 Å². The van der Waals surface area contributed by atoms with Crippen LogP contribution in [0.2, 0.25) is 19.6 Å². The van der Waals surface area contributed by atoms with Crippen LogP contribution in [-0.4, -0.2) is 13.7 Å². The van der Waals surface area contributed by atoms with Gasteiger partial charge in [-0.2, -0.15) is 0 Å². The molecule has 0 fully saturated rings. The molecule has 0 saturated carbocycles. The van der Waals surface area contributed by atoms with Gasteiger partial charge in [-0.3, -0.25) is 0 Å². The molecule has 2 rings (SSSR count). The van der Waals surface area contributed by atoms with Gasteiger partial charge < -0.3 is 4.74 Å². The third kappa shape index (κ3) is 3.46. The summed E-state index contributed by atoms with van der Waals surface area (Å²) in [4.78, 5) is 0. The largest absolute Gasteiger partial charge is 0.488 e. The molecule has 0 N–H and O–H groups in total. The van der Waals surface area contributed by atoms with Crippen molar-refractivity contribution in [2.24, 2.45) is 0 Å². The summed E-state index contributed by atoms with van der Waals surface area (Å²) in [6, 6.07) is 6.40. The first-order valence-electron chi connectivity index (χ1n) is 7.35. The lowest BCUT2D eigenvalue weighted by Gasteiger charge is -2.42. The molecule has 2 heteroatoms. The normalized spacial score (nSPS) is 19.4. The summed E-state index contributed by atoms with van der Waals surface area (Å²) in [5, 5.41) is 0. The van der Waals surface area contributed by atoms with E-state index in [0.717, 1.165) is 17.7 Å². The minimum Gasteiger partial charge on any atom is -0.488 e. The lowest BCUT2D eigenvalue weighted by Crippen LogP contribution is -2.41. The fraction of sp³-hybridized carbons (Fsp3) is 0.556. The number of hydrogen-bond acceptors (Lipinski definition) is 1. The van der Waals surface area contributed by atoms with E-state index in [0.29, 0.717) is 0 Å². The highest BCUT2D eigenvalue weighted by Crippen LogP contribution is 2.44. The van der Waals surface area contributed by atoms with Gasteiger partial charge >= 0.3 is 0 Å². The molecule has 1 heterocycles. The van der Waals surface area contributed by atoms with Crippen molar-refractivity contribution in [3.8, 4) is 17.2 Å². The molecule has 0 aromatic heterocycles. The highest BCUT2D eigenvalue weighted by Gasteiger charge is 2.38. The summed E-state index contributed by atoms with van der Waals surface area (Å²) >= 11 is 0. The van der Waals surface area contributed by atoms with E-state index in [2.05, 4.69) is 77.0 Å². The second-order valence-electron chi connectivity index (χ2n) is 8.13. The van der Waals surface area contributed by atoms with Gasteiger partial charge in [0, 0.05) is 11.1 Å². The molecule has 0 saturated heterocycles. The van der Waals surface area contributed by atoms with Gasteiger partial charge in [-0.15, -0.1) is 5.54 Å². The molecule has 1 aromatic rings. The van der Waals surface area contributed by atoms with Crippen LogP contribution in [0.4, 0.5) is 0 Å². The summed E-state index contributed by atoms with van der Waals surface area (Å²) in [7, 11) is -1.33. The molecule has 1 nitrogen and oxygen atoms in total. The fourth-order valence-corrected chi connectivity index (χ4v) is 3.50. The second kappa shape index (κ2) is 4.67. The molecule has 0 amide bonds. The van der Waals surface area contributed by atoms with Crippen LogP contribution < -0.4 is 4.74 Å². The van der Waals surface area contributed by atoms with Crippen molar-refractivity contribution < 1.29 is 4.74 Å². The van der Waals surface area contributed by atoms with Crippen LogP contribution in [0, 0.1) is 11.5 Å². The minimum absolute atomic E-state index is 0.0952. The maximum atomic E-state index is 6.12. The van der Waals surface area contributed by atoms with Crippen LogP contribution in [0.1, 0.15) is 45.2 Å². The molecule has 0 atom stereocenters. The van der Waals surface area contributed by atoms with Crippen molar-refractivity contribution in [1.82, 2.24) is 0 Å². The van der Waals surface area contributed by atoms with Crippen molar-refractivity contribution in [1.29, 1.82) is 0 Å². The lowest BCUT2D eigenvalue weighted by molar-refractivity contribution is 0.0534. The molecular weight excluding hydrogens is 260 g/mol. The van der Waals surface area contributed by atoms with E-state index in [1.807, 2.05) is 0 Å². The molecule has 0 bridgehead atoms. The Balaban J connectivity index is 2.44. The van der Waals surface area contributed by atoms with Crippen molar-refractivity contribution in [3.05, 3.63) is 29.3 Å². The minimum atomic E-state index is -1.33. The Bertz CT molecular complexity index is 580. The molecule has 0 radical (unpaired) electrons. The third-order valence-corrected chi connectivity index (χ3v) is 4.42. The van der Waals surface area contributed by atoms with E-state index in [1.165, 1.54) is 5.56 Å². The Morgan fingerprint density at radius 1 is 1.10 bits per heavy atom. The maximum absolute atomic E-state index is 6.12. The Morgan fingerprint density at radius 3 is 2.35 bits per heavy atom.